The fourth-order valence-electron chi connectivity index (χ4n) is 2.37. The van der Waals surface area contributed by atoms with Crippen LogP contribution < -0.4 is 5.32 Å². The molecule has 2 aliphatic heterocycles. The Balaban J connectivity index is 1.43. The molecule has 1 unspecified atom stereocenters. The highest BCUT2D eigenvalue weighted by atomic mass is 32.2. The summed E-state index contributed by atoms with van der Waals surface area (Å²) in [5.74, 6) is 1.62. The Morgan fingerprint density at radius 1 is 1.42 bits per heavy atom. The first-order valence-corrected chi connectivity index (χ1v) is 7.99. The van der Waals surface area contributed by atoms with E-state index in [4.69, 9.17) is 9.47 Å². The molecule has 0 saturated carbocycles. The molecule has 0 aliphatic carbocycles. The molecule has 1 aromatic rings. The highest BCUT2D eigenvalue weighted by Crippen LogP contribution is 2.32. The van der Waals surface area contributed by atoms with Gasteiger partial charge in [0.15, 0.2) is 0 Å². The van der Waals surface area contributed by atoms with Crippen LogP contribution >= 0.6 is 11.8 Å². The lowest BCUT2D eigenvalue weighted by Crippen LogP contribution is -2.39. The van der Waals surface area contributed by atoms with Crippen LogP contribution in [0.1, 0.15) is 18.9 Å². The zero-order valence-electron chi connectivity index (χ0n) is 11.3. The van der Waals surface area contributed by atoms with Gasteiger partial charge >= 0.3 is 0 Å². The van der Waals surface area contributed by atoms with Crippen LogP contribution in [0.3, 0.4) is 0 Å². The predicted octanol–water partition coefficient (Wildman–Crippen LogP) is 2.62. The van der Waals surface area contributed by atoms with E-state index in [1.807, 2.05) is 18.2 Å². The van der Waals surface area contributed by atoms with E-state index in [1.54, 1.807) is 0 Å². The van der Waals surface area contributed by atoms with Crippen molar-refractivity contribution in [3.63, 3.8) is 0 Å². The van der Waals surface area contributed by atoms with Crippen molar-refractivity contribution in [2.45, 2.75) is 31.1 Å². The third-order valence-corrected chi connectivity index (χ3v) is 5.19. The van der Waals surface area contributed by atoms with E-state index in [2.05, 4.69) is 36.1 Å². The Kier molecular flexibility index (Phi) is 4.12. The zero-order chi connectivity index (χ0) is 13.1. The minimum Gasteiger partial charge on any atom is -0.331 e. The molecular weight excluding hydrogens is 258 g/mol. The van der Waals surface area contributed by atoms with Crippen LogP contribution in [0.25, 0.3) is 0 Å². The summed E-state index contributed by atoms with van der Waals surface area (Å²) in [7, 11) is 0. The molecule has 104 valence electrons. The molecule has 2 aliphatic rings. The van der Waals surface area contributed by atoms with E-state index in [-0.39, 0.29) is 0 Å². The molecule has 2 saturated heterocycles. The SMILES string of the molecule is C[C@@H]1CS[C@H](CNC2(OCc3ccccc3)CO2)C1. The van der Waals surface area contributed by atoms with Crippen molar-refractivity contribution in [2.75, 3.05) is 18.9 Å². The maximum atomic E-state index is 5.87. The molecule has 4 heteroatoms. The normalized spacial score (nSPS) is 33.5. The Morgan fingerprint density at radius 3 is 2.84 bits per heavy atom. The van der Waals surface area contributed by atoms with Gasteiger partial charge in [-0.1, -0.05) is 37.3 Å². The minimum atomic E-state index is -0.512. The van der Waals surface area contributed by atoms with Gasteiger partial charge in [-0.25, -0.2) is 0 Å². The van der Waals surface area contributed by atoms with Crippen LogP contribution in [-0.4, -0.2) is 30.1 Å². The van der Waals surface area contributed by atoms with E-state index in [0.29, 0.717) is 18.5 Å². The summed E-state index contributed by atoms with van der Waals surface area (Å²) in [6.07, 6.45) is 1.30. The van der Waals surface area contributed by atoms with E-state index in [1.165, 1.54) is 17.7 Å². The first-order valence-electron chi connectivity index (χ1n) is 6.94. The van der Waals surface area contributed by atoms with Crippen molar-refractivity contribution in [3.8, 4) is 0 Å². The monoisotopic (exact) mass is 279 g/mol. The van der Waals surface area contributed by atoms with Gasteiger partial charge in [0, 0.05) is 11.8 Å². The summed E-state index contributed by atoms with van der Waals surface area (Å²) in [5.41, 5.74) is 1.18. The average molecular weight is 279 g/mol. The van der Waals surface area contributed by atoms with Gasteiger partial charge in [-0.2, -0.15) is 11.8 Å². The summed E-state index contributed by atoms with van der Waals surface area (Å²) in [6, 6.07) is 10.2. The standard InChI is InChI=1S/C15H21NO2S/c1-12-7-14(19-10-12)8-16-15(11-18-15)17-9-13-5-3-2-4-6-13/h2-6,12,14,16H,7-11H2,1H3/t12-,14-,15?/m0/s1. The van der Waals surface area contributed by atoms with Gasteiger partial charge < -0.3 is 9.47 Å². The van der Waals surface area contributed by atoms with Crippen LogP contribution in [0.4, 0.5) is 0 Å². The molecule has 0 radical (unpaired) electrons. The third-order valence-electron chi connectivity index (χ3n) is 3.60. The lowest BCUT2D eigenvalue weighted by atomic mass is 10.1. The van der Waals surface area contributed by atoms with Crippen LogP contribution in [0.2, 0.25) is 0 Å². The Morgan fingerprint density at radius 2 is 2.21 bits per heavy atom. The number of nitrogens with one attached hydrogen (secondary N) is 1. The lowest BCUT2D eigenvalue weighted by molar-refractivity contribution is -0.0766. The van der Waals surface area contributed by atoms with Crippen LogP contribution in [0, 0.1) is 5.92 Å². The predicted molar refractivity (Wildman–Crippen MR) is 77.9 cm³/mol. The minimum absolute atomic E-state index is 0.512. The Labute approximate surface area is 119 Å². The summed E-state index contributed by atoms with van der Waals surface area (Å²) in [4.78, 5) is 0. The second kappa shape index (κ2) is 5.83. The molecule has 3 rings (SSSR count). The molecule has 2 fully saturated rings. The van der Waals surface area contributed by atoms with Gasteiger partial charge in [0.25, 0.3) is 5.91 Å². The second-order valence-corrected chi connectivity index (χ2v) is 6.83. The number of ether oxygens (including phenoxy) is 2. The van der Waals surface area contributed by atoms with E-state index in [0.717, 1.165) is 12.5 Å². The maximum Gasteiger partial charge on any atom is 0.252 e. The molecule has 19 heavy (non-hydrogen) atoms. The summed E-state index contributed by atoms with van der Waals surface area (Å²) < 4.78 is 11.3. The van der Waals surface area contributed by atoms with Gasteiger partial charge in [-0.15, -0.1) is 0 Å². The van der Waals surface area contributed by atoms with Crippen LogP contribution in [0.15, 0.2) is 30.3 Å². The first-order chi connectivity index (χ1) is 9.26. The van der Waals surface area contributed by atoms with Gasteiger partial charge in [-0.05, 0) is 23.7 Å². The molecule has 2 heterocycles. The number of benzene rings is 1. The fraction of sp³-hybridized carbons (Fsp3) is 0.600. The highest BCUT2D eigenvalue weighted by Gasteiger charge is 2.46. The molecule has 3 nitrogen and oxygen atoms in total. The summed E-state index contributed by atoms with van der Waals surface area (Å²) in [6.45, 7) is 4.56. The molecule has 3 atom stereocenters. The van der Waals surface area contributed by atoms with Gasteiger partial charge in [0.1, 0.15) is 6.61 Å². The topological polar surface area (TPSA) is 33.8 Å². The molecule has 1 aromatic carbocycles. The van der Waals surface area contributed by atoms with Gasteiger partial charge in [0.2, 0.25) is 0 Å². The Bertz CT molecular complexity index is 408. The number of rotatable bonds is 6. The van der Waals surface area contributed by atoms with Gasteiger partial charge in [0.05, 0.1) is 6.61 Å². The smallest absolute Gasteiger partial charge is 0.252 e. The Hall–Kier alpha value is -0.550. The van der Waals surface area contributed by atoms with Crippen molar-refractivity contribution in [3.05, 3.63) is 35.9 Å². The van der Waals surface area contributed by atoms with Crippen LogP contribution in [-0.2, 0) is 16.1 Å². The number of epoxide rings is 1. The van der Waals surface area contributed by atoms with Crippen molar-refractivity contribution in [2.24, 2.45) is 5.92 Å². The number of thioether (sulfide) groups is 1. The lowest BCUT2D eigenvalue weighted by Gasteiger charge is -2.17. The maximum absolute atomic E-state index is 5.87. The fourth-order valence-corrected chi connectivity index (χ4v) is 3.78. The summed E-state index contributed by atoms with van der Waals surface area (Å²) >= 11 is 2.06. The van der Waals surface area contributed by atoms with E-state index in [9.17, 15) is 0 Å². The van der Waals surface area contributed by atoms with E-state index >= 15 is 0 Å². The molecule has 0 spiro atoms. The largest absolute Gasteiger partial charge is 0.331 e. The van der Waals surface area contributed by atoms with Crippen molar-refractivity contribution in [1.82, 2.24) is 5.32 Å². The van der Waals surface area contributed by atoms with Crippen molar-refractivity contribution >= 4 is 11.8 Å². The average Bonchev–Trinajstić information content (AvgIpc) is 3.10. The van der Waals surface area contributed by atoms with Gasteiger partial charge in [-0.3, -0.25) is 5.32 Å². The van der Waals surface area contributed by atoms with E-state index < -0.39 is 5.91 Å². The first kappa shape index (κ1) is 13.4. The molecular formula is C15H21NO2S. The molecule has 0 aromatic heterocycles. The second-order valence-electron chi connectivity index (χ2n) is 5.49. The number of hydrogen-bond acceptors (Lipinski definition) is 4. The molecule has 0 bridgehead atoms. The van der Waals surface area contributed by atoms with Crippen LogP contribution in [0.5, 0.6) is 0 Å². The number of hydrogen-bond donors (Lipinski definition) is 1. The summed E-state index contributed by atoms with van der Waals surface area (Å²) in [5, 5.41) is 4.14. The van der Waals surface area contributed by atoms with Crippen molar-refractivity contribution < 1.29 is 9.47 Å². The van der Waals surface area contributed by atoms with Crippen molar-refractivity contribution in [1.29, 1.82) is 0 Å². The zero-order valence-corrected chi connectivity index (χ0v) is 12.1. The molecule has 1 N–H and O–H groups in total. The third kappa shape index (κ3) is 3.72. The molecule has 0 amide bonds. The highest BCUT2D eigenvalue weighted by molar-refractivity contribution is 8.00. The quantitative estimate of drug-likeness (QED) is 0.641.